The van der Waals surface area contributed by atoms with Crippen LogP contribution in [0.15, 0.2) is 30.3 Å². The first-order valence-electron chi connectivity index (χ1n) is 6.19. The normalized spacial score (nSPS) is 11.4. The zero-order valence-corrected chi connectivity index (χ0v) is 10.9. The van der Waals surface area contributed by atoms with Crippen LogP contribution >= 0.6 is 0 Å². The van der Waals surface area contributed by atoms with Gasteiger partial charge in [-0.15, -0.1) is 0 Å². The lowest BCUT2D eigenvalue weighted by molar-refractivity contribution is -0.140. The molecular weight excluding hydrogens is 264 g/mol. The molecule has 0 heterocycles. The van der Waals surface area contributed by atoms with E-state index in [1.54, 1.807) is 0 Å². The molecule has 0 unspecified atom stereocenters. The van der Waals surface area contributed by atoms with E-state index >= 15 is 0 Å². The molecule has 0 aliphatic carbocycles. The Morgan fingerprint density at radius 1 is 1.25 bits per heavy atom. The first kappa shape index (κ1) is 15.8. The Morgan fingerprint density at radius 3 is 2.55 bits per heavy atom. The van der Waals surface area contributed by atoms with Crippen LogP contribution in [-0.2, 0) is 4.79 Å². The monoisotopic (exact) mass is 282 g/mol. The van der Waals surface area contributed by atoms with E-state index in [0.29, 0.717) is 19.6 Å². The minimum Gasteiger partial charge on any atom is -0.494 e. The molecule has 110 valence electrons. The van der Waals surface area contributed by atoms with Crippen molar-refractivity contribution in [1.82, 2.24) is 10.6 Å². The fourth-order valence-electron chi connectivity index (χ4n) is 1.38. The summed E-state index contributed by atoms with van der Waals surface area (Å²) in [5.41, 5.74) is 0. The highest BCUT2D eigenvalue weighted by molar-refractivity contribution is 5.82. The van der Waals surface area contributed by atoms with Gasteiger partial charge >= 0.3 is 12.0 Å². The van der Waals surface area contributed by atoms with E-state index in [0.717, 1.165) is 5.75 Å². The van der Waals surface area contributed by atoms with Gasteiger partial charge in [0.2, 0.25) is 0 Å². The second kappa shape index (κ2) is 8.76. The molecular formula is C13H18N2O5. The SMILES string of the molecule is O=C(NCCCOc1ccccc1)N[C@H](CO)C(=O)O. The maximum atomic E-state index is 11.3. The van der Waals surface area contributed by atoms with Crippen LogP contribution in [-0.4, -0.2) is 48.0 Å². The lowest BCUT2D eigenvalue weighted by atomic mass is 10.3. The summed E-state index contributed by atoms with van der Waals surface area (Å²) in [7, 11) is 0. The number of para-hydroxylation sites is 1. The Bertz CT molecular complexity index is 424. The Hall–Kier alpha value is -2.28. The summed E-state index contributed by atoms with van der Waals surface area (Å²) >= 11 is 0. The number of nitrogens with one attached hydrogen (secondary N) is 2. The molecule has 0 aromatic heterocycles. The van der Waals surface area contributed by atoms with Crippen molar-refractivity contribution >= 4 is 12.0 Å². The zero-order valence-electron chi connectivity index (χ0n) is 10.9. The van der Waals surface area contributed by atoms with Crippen molar-refractivity contribution in [3.63, 3.8) is 0 Å². The third kappa shape index (κ3) is 6.05. The van der Waals surface area contributed by atoms with Gasteiger partial charge in [-0.05, 0) is 18.6 Å². The number of aliphatic carboxylic acids is 1. The quantitative estimate of drug-likeness (QED) is 0.509. The second-order valence-electron chi connectivity index (χ2n) is 3.99. The van der Waals surface area contributed by atoms with E-state index in [1.807, 2.05) is 30.3 Å². The van der Waals surface area contributed by atoms with Gasteiger partial charge in [0.1, 0.15) is 5.75 Å². The number of carbonyl (C=O) groups excluding carboxylic acids is 1. The van der Waals surface area contributed by atoms with Gasteiger partial charge in [-0.1, -0.05) is 18.2 Å². The van der Waals surface area contributed by atoms with Gasteiger partial charge in [-0.3, -0.25) is 0 Å². The highest BCUT2D eigenvalue weighted by atomic mass is 16.5. The number of ether oxygens (including phenoxy) is 1. The summed E-state index contributed by atoms with van der Waals surface area (Å²) in [5, 5.41) is 22.0. The first-order chi connectivity index (χ1) is 9.63. The molecule has 0 bridgehead atoms. The molecule has 0 aliphatic heterocycles. The van der Waals surface area contributed by atoms with Crippen molar-refractivity contribution in [3.8, 4) is 5.75 Å². The molecule has 0 saturated carbocycles. The number of rotatable bonds is 8. The lowest BCUT2D eigenvalue weighted by Gasteiger charge is -2.12. The number of amides is 2. The van der Waals surface area contributed by atoms with Gasteiger partial charge < -0.3 is 25.6 Å². The minimum absolute atomic E-state index is 0.344. The van der Waals surface area contributed by atoms with E-state index in [2.05, 4.69) is 10.6 Å². The largest absolute Gasteiger partial charge is 0.494 e. The number of carboxylic acid groups (broad SMARTS) is 1. The van der Waals surface area contributed by atoms with Crippen LogP contribution in [0.3, 0.4) is 0 Å². The summed E-state index contributed by atoms with van der Waals surface area (Å²) in [6.45, 7) is 0.128. The van der Waals surface area contributed by atoms with Crippen molar-refractivity contribution < 1.29 is 24.5 Å². The van der Waals surface area contributed by atoms with Crippen molar-refractivity contribution in [1.29, 1.82) is 0 Å². The van der Waals surface area contributed by atoms with E-state index < -0.39 is 24.6 Å². The molecule has 1 aromatic carbocycles. The highest BCUT2D eigenvalue weighted by Gasteiger charge is 2.17. The standard InChI is InChI=1S/C13H18N2O5/c16-9-11(12(17)18)15-13(19)14-7-4-8-20-10-5-2-1-3-6-10/h1-3,5-6,11,16H,4,7-9H2,(H,17,18)(H2,14,15,19)/t11-/m1/s1. The molecule has 0 spiro atoms. The maximum absolute atomic E-state index is 11.3. The van der Waals surface area contributed by atoms with Crippen molar-refractivity contribution in [2.24, 2.45) is 0 Å². The number of carboxylic acids is 1. The molecule has 0 aliphatic rings. The van der Waals surface area contributed by atoms with Gasteiger partial charge in [0.05, 0.1) is 13.2 Å². The van der Waals surface area contributed by atoms with Gasteiger partial charge in [0.15, 0.2) is 6.04 Å². The number of benzene rings is 1. The summed E-state index contributed by atoms with van der Waals surface area (Å²) in [6, 6.07) is 7.35. The molecule has 20 heavy (non-hydrogen) atoms. The summed E-state index contributed by atoms with van der Waals surface area (Å²) in [5.74, 6) is -0.529. The number of hydrogen-bond donors (Lipinski definition) is 4. The summed E-state index contributed by atoms with van der Waals surface area (Å²) in [6.07, 6.45) is 0.583. The van der Waals surface area contributed by atoms with Gasteiger partial charge in [-0.2, -0.15) is 0 Å². The molecule has 2 amide bonds. The fraction of sp³-hybridized carbons (Fsp3) is 0.385. The number of urea groups is 1. The van der Waals surface area contributed by atoms with Crippen molar-refractivity contribution in [2.75, 3.05) is 19.8 Å². The minimum atomic E-state index is -1.30. The molecule has 1 aromatic rings. The van der Waals surface area contributed by atoms with E-state index in [9.17, 15) is 9.59 Å². The average Bonchev–Trinajstić information content (AvgIpc) is 2.45. The Balaban J connectivity index is 2.12. The zero-order chi connectivity index (χ0) is 14.8. The third-order valence-corrected chi connectivity index (χ3v) is 2.40. The van der Waals surface area contributed by atoms with Gasteiger partial charge in [0, 0.05) is 6.54 Å². The van der Waals surface area contributed by atoms with Crippen molar-refractivity contribution in [3.05, 3.63) is 30.3 Å². The molecule has 4 N–H and O–H groups in total. The lowest BCUT2D eigenvalue weighted by Crippen LogP contribution is -2.48. The number of carbonyl (C=O) groups is 2. The fourth-order valence-corrected chi connectivity index (χ4v) is 1.38. The predicted molar refractivity (Wildman–Crippen MR) is 71.6 cm³/mol. The summed E-state index contributed by atoms with van der Waals surface area (Å²) in [4.78, 5) is 21.9. The number of aliphatic hydroxyl groups is 1. The van der Waals surface area contributed by atoms with Gasteiger partial charge in [-0.25, -0.2) is 9.59 Å². The first-order valence-corrected chi connectivity index (χ1v) is 6.19. The third-order valence-electron chi connectivity index (χ3n) is 2.40. The van der Waals surface area contributed by atoms with E-state index in [4.69, 9.17) is 14.9 Å². The van der Waals surface area contributed by atoms with Crippen LogP contribution in [0.4, 0.5) is 4.79 Å². The smallest absolute Gasteiger partial charge is 0.328 e. The highest BCUT2D eigenvalue weighted by Crippen LogP contribution is 2.07. The Labute approximate surface area is 116 Å². The molecule has 1 atom stereocenters. The van der Waals surface area contributed by atoms with Crippen LogP contribution in [0.25, 0.3) is 0 Å². The Morgan fingerprint density at radius 2 is 1.95 bits per heavy atom. The molecule has 0 fully saturated rings. The van der Waals surface area contributed by atoms with Crippen LogP contribution in [0.2, 0.25) is 0 Å². The maximum Gasteiger partial charge on any atom is 0.328 e. The van der Waals surface area contributed by atoms with Gasteiger partial charge in [0.25, 0.3) is 0 Å². The van der Waals surface area contributed by atoms with Crippen LogP contribution < -0.4 is 15.4 Å². The molecule has 0 radical (unpaired) electrons. The van der Waals surface area contributed by atoms with Crippen LogP contribution in [0, 0.1) is 0 Å². The molecule has 7 heteroatoms. The van der Waals surface area contributed by atoms with E-state index in [-0.39, 0.29) is 0 Å². The number of aliphatic hydroxyl groups excluding tert-OH is 1. The molecule has 1 rings (SSSR count). The average molecular weight is 282 g/mol. The molecule has 7 nitrogen and oxygen atoms in total. The topological polar surface area (TPSA) is 108 Å². The predicted octanol–water partition coefficient (Wildman–Crippen LogP) is 0.200. The van der Waals surface area contributed by atoms with Crippen molar-refractivity contribution in [2.45, 2.75) is 12.5 Å². The second-order valence-corrected chi connectivity index (χ2v) is 3.99. The van der Waals surface area contributed by atoms with Crippen LogP contribution in [0.1, 0.15) is 6.42 Å². The Kier molecular flexibility index (Phi) is 6.91. The number of hydrogen-bond acceptors (Lipinski definition) is 4. The van der Waals surface area contributed by atoms with Crippen LogP contribution in [0.5, 0.6) is 5.75 Å². The summed E-state index contributed by atoms with van der Waals surface area (Å²) < 4.78 is 5.42. The molecule has 0 saturated heterocycles. The van der Waals surface area contributed by atoms with E-state index in [1.165, 1.54) is 0 Å².